The largest absolute Gasteiger partial charge is 0.312 e. The van der Waals surface area contributed by atoms with Gasteiger partial charge in [-0.2, -0.15) is 4.99 Å². The van der Waals surface area contributed by atoms with Crippen molar-refractivity contribution in [2.24, 2.45) is 10.4 Å². The third kappa shape index (κ3) is 1.72. The molecule has 0 aromatic rings. The van der Waals surface area contributed by atoms with Gasteiger partial charge in [0.05, 0.1) is 5.38 Å². The predicted octanol–water partition coefficient (Wildman–Crippen LogP) is 0.695. The number of alkyl halides is 1. The van der Waals surface area contributed by atoms with Gasteiger partial charge in [-0.25, -0.2) is 0 Å². The maximum absolute atomic E-state index is 11.4. The predicted molar refractivity (Wildman–Crippen MR) is 49.7 cm³/mol. The highest BCUT2D eigenvalue weighted by Gasteiger charge is 2.40. The molecule has 1 rings (SSSR count). The van der Waals surface area contributed by atoms with Crippen LogP contribution in [0.5, 0.6) is 0 Å². The topological polar surface area (TPSA) is 58.5 Å². The van der Waals surface area contributed by atoms with Gasteiger partial charge in [0.1, 0.15) is 11.3 Å². The van der Waals surface area contributed by atoms with Gasteiger partial charge in [-0.15, -0.1) is 11.6 Å². The quantitative estimate of drug-likeness (QED) is 0.503. The van der Waals surface area contributed by atoms with Crippen LogP contribution in [-0.4, -0.2) is 23.0 Å². The van der Waals surface area contributed by atoms with Crippen molar-refractivity contribution in [2.75, 3.05) is 0 Å². The Morgan fingerprint density at radius 3 is 2.38 bits per heavy atom. The second kappa shape index (κ2) is 3.10. The van der Waals surface area contributed by atoms with Crippen molar-refractivity contribution in [3.05, 3.63) is 0 Å². The van der Waals surface area contributed by atoms with Crippen molar-refractivity contribution in [1.29, 1.82) is 0 Å². The number of hydrogen-bond donors (Lipinski definition) is 1. The lowest BCUT2D eigenvalue weighted by atomic mass is 9.90. The van der Waals surface area contributed by atoms with Gasteiger partial charge in [-0.05, 0) is 20.8 Å². The van der Waals surface area contributed by atoms with Gasteiger partial charge < -0.3 is 5.32 Å². The molecule has 0 saturated carbocycles. The molecule has 13 heavy (non-hydrogen) atoms. The molecule has 1 aliphatic rings. The second-order valence-electron chi connectivity index (χ2n) is 3.50. The Bertz CT molecular complexity index is 295. The molecule has 1 unspecified atom stereocenters. The standard InChI is InChI=1S/C8H11ClN2O2/c1-4(9)5-10-6(12)8(2,3)7(13)11-5/h4H,1-3H3,(H,10,11,12,13). The first kappa shape index (κ1) is 10.2. The Kier molecular flexibility index (Phi) is 2.43. The summed E-state index contributed by atoms with van der Waals surface area (Å²) in [7, 11) is 0. The number of halogens is 1. The zero-order chi connectivity index (χ0) is 10.2. The summed E-state index contributed by atoms with van der Waals surface area (Å²) in [5, 5.41) is 2.04. The van der Waals surface area contributed by atoms with E-state index in [-0.39, 0.29) is 11.7 Å². The molecule has 1 N–H and O–H groups in total. The van der Waals surface area contributed by atoms with Gasteiger partial charge in [0.15, 0.2) is 0 Å². The Balaban J connectivity index is 3.02. The van der Waals surface area contributed by atoms with Crippen LogP contribution in [0.1, 0.15) is 20.8 Å². The summed E-state index contributed by atoms with van der Waals surface area (Å²) < 4.78 is 0. The number of carbonyl (C=O) groups excluding carboxylic acids is 2. The van der Waals surface area contributed by atoms with Gasteiger partial charge in [-0.3, -0.25) is 9.59 Å². The number of rotatable bonds is 1. The average Bonchev–Trinajstić information content (AvgIpc) is 2.00. The van der Waals surface area contributed by atoms with Crippen LogP contribution in [0.25, 0.3) is 0 Å². The van der Waals surface area contributed by atoms with E-state index in [9.17, 15) is 9.59 Å². The summed E-state index contributed by atoms with van der Waals surface area (Å²) in [5.41, 5.74) is -1.07. The van der Waals surface area contributed by atoms with E-state index in [4.69, 9.17) is 11.6 Å². The summed E-state index contributed by atoms with van der Waals surface area (Å²) in [6.07, 6.45) is 0. The van der Waals surface area contributed by atoms with Crippen molar-refractivity contribution in [3.63, 3.8) is 0 Å². The lowest BCUT2D eigenvalue weighted by Crippen LogP contribution is -2.51. The summed E-state index contributed by atoms with van der Waals surface area (Å²) in [5.74, 6) is -0.565. The van der Waals surface area contributed by atoms with Crippen LogP contribution in [0.4, 0.5) is 0 Å². The van der Waals surface area contributed by atoms with E-state index >= 15 is 0 Å². The molecule has 0 fully saturated rings. The minimum atomic E-state index is -1.07. The first-order chi connectivity index (χ1) is 5.85. The molecule has 1 heterocycles. The molecule has 4 nitrogen and oxygen atoms in total. The third-order valence-electron chi connectivity index (χ3n) is 1.94. The number of carbonyl (C=O) groups is 2. The highest BCUT2D eigenvalue weighted by molar-refractivity contribution is 6.35. The maximum atomic E-state index is 11.4. The number of hydrogen-bond acceptors (Lipinski definition) is 2. The minimum absolute atomic E-state index is 0.232. The smallest absolute Gasteiger partial charge is 0.262 e. The first-order valence-electron chi connectivity index (χ1n) is 3.94. The van der Waals surface area contributed by atoms with Crippen molar-refractivity contribution >= 4 is 29.3 Å². The van der Waals surface area contributed by atoms with Crippen molar-refractivity contribution in [1.82, 2.24) is 5.32 Å². The van der Waals surface area contributed by atoms with Crippen molar-refractivity contribution < 1.29 is 9.59 Å². The fourth-order valence-corrected chi connectivity index (χ4v) is 0.939. The van der Waals surface area contributed by atoms with Crippen LogP contribution in [0, 0.1) is 5.41 Å². The normalized spacial score (nSPS) is 23.5. The van der Waals surface area contributed by atoms with E-state index < -0.39 is 16.7 Å². The molecule has 72 valence electrons. The lowest BCUT2D eigenvalue weighted by molar-refractivity contribution is -0.139. The molecule has 2 amide bonds. The zero-order valence-corrected chi connectivity index (χ0v) is 8.47. The monoisotopic (exact) mass is 202 g/mol. The van der Waals surface area contributed by atoms with Crippen LogP contribution in [-0.2, 0) is 9.59 Å². The molecule has 0 saturated heterocycles. The number of amidine groups is 1. The van der Waals surface area contributed by atoms with Gasteiger partial charge in [0, 0.05) is 0 Å². The average molecular weight is 203 g/mol. The van der Waals surface area contributed by atoms with E-state index in [1.54, 1.807) is 6.92 Å². The number of aliphatic imine (C=N–C) groups is 1. The molecule has 0 radical (unpaired) electrons. The Morgan fingerprint density at radius 1 is 1.46 bits per heavy atom. The van der Waals surface area contributed by atoms with Crippen LogP contribution in [0.2, 0.25) is 0 Å². The van der Waals surface area contributed by atoms with E-state index in [2.05, 4.69) is 10.3 Å². The molecule has 5 heteroatoms. The Labute approximate surface area is 81.4 Å². The molecule has 0 bridgehead atoms. The van der Waals surface area contributed by atoms with Crippen LogP contribution in [0.3, 0.4) is 0 Å². The third-order valence-corrected chi connectivity index (χ3v) is 2.15. The summed E-state index contributed by atoms with van der Waals surface area (Å²) in [6, 6.07) is 0. The van der Waals surface area contributed by atoms with E-state index in [1.165, 1.54) is 13.8 Å². The van der Waals surface area contributed by atoms with Gasteiger partial charge >= 0.3 is 0 Å². The van der Waals surface area contributed by atoms with Crippen LogP contribution >= 0.6 is 11.6 Å². The SMILES string of the molecule is CC(Cl)C1=NC(=O)C(C)(C)C(=O)N1. The Morgan fingerprint density at radius 2 is 2.00 bits per heavy atom. The van der Waals surface area contributed by atoms with E-state index in [0.717, 1.165) is 0 Å². The lowest BCUT2D eigenvalue weighted by Gasteiger charge is -2.26. The Hall–Kier alpha value is -0.900. The zero-order valence-electron chi connectivity index (χ0n) is 7.72. The van der Waals surface area contributed by atoms with E-state index in [1.807, 2.05) is 0 Å². The summed E-state index contributed by atoms with van der Waals surface area (Å²) in [4.78, 5) is 26.4. The van der Waals surface area contributed by atoms with Gasteiger partial charge in [-0.1, -0.05) is 0 Å². The van der Waals surface area contributed by atoms with Crippen LogP contribution < -0.4 is 5.32 Å². The van der Waals surface area contributed by atoms with Gasteiger partial charge in [0.25, 0.3) is 5.91 Å². The van der Waals surface area contributed by atoms with Crippen LogP contribution in [0.15, 0.2) is 4.99 Å². The number of nitrogens with zero attached hydrogens (tertiary/aromatic N) is 1. The molecule has 0 spiro atoms. The second-order valence-corrected chi connectivity index (χ2v) is 4.15. The molecule has 1 aliphatic heterocycles. The summed E-state index contributed by atoms with van der Waals surface area (Å²) >= 11 is 5.68. The minimum Gasteiger partial charge on any atom is -0.312 e. The number of nitrogens with one attached hydrogen (secondary N) is 1. The highest BCUT2D eigenvalue weighted by atomic mass is 35.5. The van der Waals surface area contributed by atoms with Crippen molar-refractivity contribution in [2.45, 2.75) is 26.1 Å². The van der Waals surface area contributed by atoms with E-state index in [0.29, 0.717) is 0 Å². The van der Waals surface area contributed by atoms with Crippen molar-refractivity contribution in [3.8, 4) is 0 Å². The molecule has 0 aromatic heterocycles. The molecular formula is C8H11ClN2O2. The maximum Gasteiger partial charge on any atom is 0.262 e. The highest BCUT2D eigenvalue weighted by Crippen LogP contribution is 2.21. The fraction of sp³-hybridized carbons (Fsp3) is 0.625. The van der Waals surface area contributed by atoms with Gasteiger partial charge in [0.2, 0.25) is 5.91 Å². The number of amides is 2. The molecule has 0 aliphatic carbocycles. The summed E-state index contributed by atoms with van der Waals surface area (Å²) in [6.45, 7) is 4.71. The molecule has 1 atom stereocenters. The molecule has 0 aromatic carbocycles. The first-order valence-corrected chi connectivity index (χ1v) is 4.38. The fourth-order valence-electron chi connectivity index (χ4n) is 0.835. The molecular weight excluding hydrogens is 192 g/mol.